The van der Waals surface area contributed by atoms with Gasteiger partial charge in [-0.2, -0.15) is 0 Å². The van der Waals surface area contributed by atoms with Gasteiger partial charge in [0.2, 0.25) is 0 Å². The molecular formula is C12H12ClFO2. The third kappa shape index (κ3) is 1.80. The van der Waals surface area contributed by atoms with Gasteiger partial charge in [-0.3, -0.25) is 4.79 Å². The summed E-state index contributed by atoms with van der Waals surface area (Å²) in [7, 11) is 0. The number of aliphatic carboxylic acids is 1. The molecule has 1 aliphatic carbocycles. The molecule has 2 nitrogen and oxygen atoms in total. The molecule has 0 amide bonds. The fourth-order valence-corrected chi connectivity index (χ4v) is 2.34. The number of hydrogen-bond acceptors (Lipinski definition) is 1. The van der Waals surface area contributed by atoms with Crippen molar-refractivity contribution in [2.75, 3.05) is 0 Å². The fraction of sp³-hybridized carbons (Fsp3) is 0.417. The van der Waals surface area contributed by atoms with E-state index in [-0.39, 0.29) is 6.42 Å². The van der Waals surface area contributed by atoms with E-state index >= 15 is 0 Å². The van der Waals surface area contributed by atoms with Crippen LogP contribution in [0.25, 0.3) is 0 Å². The second-order valence-corrected chi connectivity index (χ2v) is 4.72. The Balaban J connectivity index is 2.30. The van der Waals surface area contributed by atoms with E-state index in [1.165, 1.54) is 12.1 Å². The van der Waals surface area contributed by atoms with Crippen LogP contribution < -0.4 is 0 Å². The van der Waals surface area contributed by atoms with Crippen LogP contribution in [0, 0.1) is 11.2 Å². The van der Waals surface area contributed by atoms with Crippen LogP contribution in [-0.4, -0.2) is 11.1 Å². The van der Waals surface area contributed by atoms with Crippen molar-refractivity contribution in [3.8, 4) is 0 Å². The molecule has 1 aliphatic rings. The quantitative estimate of drug-likeness (QED) is 0.883. The average Bonchev–Trinajstić information content (AvgIpc) is 2.14. The Morgan fingerprint density at radius 1 is 1.50 bits per heavy atom. The maximum atomic E-state index is 13.5. The van der Waals surface area contributed by atoms with Crippen molar-refractivity contribution in [1.82, 2.24) is 0 Å². The third-order valence-corrected chi connectivity index (χ3v) is 3.70. The number of carboxylic acid groups (broad SMARTS) is 1. The number of benzene rings is 1. The molecular weight excluding hydrogens is 231 g/mol. The first-order chi connectivity index (χ1) is 7.55. The molecule has 1 aromatic rings. The van der Waals surface area contributed by atoms with Crippen LogP contribution in [-0.2, 0) is 11.2 Å². The minimum absolute atomic E-state index is 0.188. The Labute approximate surface area is 98.0 Å². The summed E-state index contributed by atoms with van der Waals surface area (Å²) in [5, 5.41) is 9.47. The lowest BCUT2D eigenvalue weighted by Gasteiger charge is -2.38. The van der Waals surface area contributed by atoms with E-state index < -0.39 is 17.2 Å². The lowest BCUT2D eigenvalue weighted by molar-refractivity contribution is -0.154. The van der Waals surface area contributed by atoms with Gasteiger partial charge in [-0.15, -0.1) is 0 Å². The topological polar surface area (TPSA) is 37.3 Å². The van der Waals surface area contributed by atoms with Crippen LogP contribution in [0.15, 0.2) is 18.2 Å². The van der Waals surface area contributed by atoms with Gasteiger partial charge < -0.3 is 5.11 Å². The van der Waals surface area contributed by atoms with Gasteiger partial charge in [0.25, 0.3) is 0 Å². The van der Waals surface area contributed by atoms with Gasteiger partial charge in [-0.1, -0.05) is 24.1 Å². The SMILES string of the molecule is O=C(O)C1(Cc2c(F)cccc2Cl)CCC1. The number of carboxylic acids is 1. The first-order valence-electron chi connectivity index (χ1n) is 5.21. The van der Waals surface area contributed by atoms with E-state index in [9.17, 15) is 9.18 Å². The Hall–Kier alpha value is -1.09. The van der Waals surface area contributed by atoms with Gasteiger partial charge in [-0.25, -0.2) is 4.39 Å². The number of halogens is 2. The molecule has 0 radical (unpaired) electrons. The number of hydrogen-bond donors (Lipinski definition) is 1. The maximum Gasteiger partial charge on any atom is 0.309 e. The van der Waals surface area contributed by atoms with Crippen LogP contribution in [0.4, 0.5) is 4.39 Å². The van der Waals surface area contributed by atoms with Crippen molar-refractivity contribution in [1.29, 1.82) is 0 Å². The van der Waals surface area contributed by atoms with Crippen molar-refractivity contribution in [2.24, 2.45) is 5.41 Å². The summed E-state index contributed by atoms with van der Waals surface area (Å²) in [5.41, 5.74) is -0.475. The van der Waals surface area contributed by atoms with Crippen molar-refractivity contribution < 1.29 is 14.3 Å². The van der Waals surface area contributed by atoms with E-state index in [0.29, 0.717) is 23.4 Å². The summed E-state index contributed by atoms with van der Waals surface area (Å²) in [6, 6.07) is 4.43. The lowest BCUT2D eigenvalue weighted by atomic mass is 9.65. The summed E-state index contributed by atoms with van der Waals surface area (Å²) in [6.07, 6.45) is 2.28. The van der Waals surface area contributed by atoms with Gasteiger partial charge in [0, 0.05) is 10.6 Å². The zero-order chi connectivity index (χ0) is 11.8. The number of carbonyl (C=O) groups is 1. The average molecular weight is 243 g/mol. The van der Waals surface area contributed by atoms with Crippen molar-refractivity contribution >= 4 is 17.6 Å². The molecule has 0 heterocycles. The summed E-state index contributed by atoms with van der Waals surface area (Å²) in [4.78, 5) is 11.2. The highest BCUT2D eigenvalue weighted by Crippen LogP contribution is 2.45. The van der Waals surface area contributed by atoms with Crippen LogP contribution in [0.5, 0.6) is 0 Å². The van der Waals surface area contributed by atoms with E-state index in [2.05, 4.69) is 0 Å². The van der Waals surface area contributed by atoms with Gasteiger partial charge >= 0.3 is 5.97 Å². The first-order valence-corrected chi connectivity index (χ1v) is 5.59. The van der Waals surface area contributed by atoms with Crippen molar-refractivity contribution in [2.45, 2.75) is 25.7 Å². The predicted molar refractivity (Wildman–Crippen MR) is 59.0 cm³/mol. The molecule has 4 heteroatoms. The molecule has 1 fully saturated rings. The molecule has 0 unspecified atom stereocenters. The summed E-state index contributed by atoms with van der Waals surface area (Å²) in [5.74, 6) is -1.27. The summed E-state index contributed by atoms with van der Waals surface area (Å²) >= 11 is 5.89. The van der Waals surface area contributed by atoms with Gasteiger partial charge in [0.1, 0.15) is 5.82 Å². The van der Waals surface area contributed by atoms with Gasteiger partial charge in [0.05, 0.1) is 5.41 Å². The molecule has 1 aromatic carbocycles. The molecule has 1 N–H and O–H groups in total. The Kier molecular flexibility index (Phi) is 2.89. The second kappa shape index (κ2) is 4.06. The lowest BCUT2D eigenvalue weighted by Crippen LogP contribution is -2.40. The maximum absolute atomic E-state index is 13.5. The van der Waals surface area contributed by atoms with Crippen molar-refractivity contribution in [3.63, 3.8) is 0 Å². The minimum Gasteiger partial charge on any atom is -0.481 e. The monoisotopic (exact) mass is 242 g/mol. The molecule has 0 aromatic heterocycles. The second-order valence-electron chi connectivity index (χ2n) is 4.32. The normalized spacial score (nSPS) is 17.9. The van der Waals surface area contributed by atoms with Crippen LogP contribution >= 0.6 is 11.6 Å². The highest BCUT2D eigenvalue weighted by molar-refractivity contribution is 6.31. The minimum atomic E-state index is -0.849. The summed E-state index contributed by atoms with van der Waals surface area (Å²) < 4.78 is 13.5. The molecule has 16 heavy (non-hydrogen) atoms. The van der Waals surface area contributed by atoms with Gasteiger partial charge in [-0.05, 0) is 31.4 Å². The first kappa shape index (κ1) is 11.4. The van der Waals surface area contributed by atoms with E-state index in [4.69, 9.17) is 16.7 Å². The zero-order valence-electron chi connectivity index (χ0n) is 8.67. The van der Waals surface area contributed by atoms with Crippen LogP contribution in [0.1, 0.15) is 24.8 Å². The molecule has 0 saturated heterocycles. The Morgan fingerprint density at radius 3 is 2.62 bits per heavy atom. The Morgan fingerprint density at radius 2 is 2.19 bits per heavy atom. The van der Waals surface area contributed by atoms with Crippen molar-refractivity contribution in [3.05, 3.63) is 34.6 Å². The standard InChI is InChI=1S/C12H12ClFO2/c13-9-3-1-4-10(14)8(9)7-12(11(15)16)5-2-6-12/h1,3-4H,2,5-7H2,(H,15,16). The summed E-state index contributed by atoms with van der Waals surface area (Å²) in [6.45, 7) is 0. The molecule has 2 rings (SSSR count). The molecule has 0 atom stereocenters. The van der Waals surface area contributed by atoms with Gasteiger partial charge in [0.15, 0.2) is 0 Å². The predicted octanol–water partition coefficient (Wildman–Crippen LogP) is 3.28. The molecule has 1 saturated carbocycles. The number of rotatable bonds is 3. The van der Waals surface area contributed by atoms with E-state index in [0.717, 1.165) is 6.42 Å². The molecule has 0 aliphatic heterocycles. The van der Waals surface area contributed by atoms with E-state index in [1.54, 1.807) is 6.07 Å². The molecule has 0 bridgehead atoms. The smallest absolute Gasteiger partial charge is 0.309 e. The Bertz CT molecular complexity index is 407. The highest BCUT2D eigenvalue weighted by atomic mass is 35.5. The molecule has 0 spiro atoms. The zero-order valence-corrected chi connectivity index (χ0v) is 9.43. The molecule has 86 valence electrons. The van der Waals surface area contributed by atoms with E-state index in [1.807, 2.05) is 0 Å². The third-order valence-electron chi connectivity index (χ3n) is 3.34. The van der Waals surface area contributed by atoms with Crippen LogP contribution in [0.3, 0.4) is 0 Å². The largest absolute Gasteiger partial charge is 0.481 e. The fourth-order valence-electron chi connectivity index (χ4n) is 2.11. The van der Waals surface area contributed by atoms with Crippen LogP contribution in [0.2, 0.25) is 5.02 Å². The highest BCUT2D eigenvalue weighted by Gasteiger charge is 2.45.